The minimum Gasteiger partial charge on any atom is -0.313 e. The van der Waals surface area contributed by atoms with Crippen molar-refractivity contribution in [3.8, 4) is 6.07 Å². The molecule has 0 unspecified atom stereocenters. The molecule has 0 saturated heterocycles. The Morgan fingerprint density at radius 1 is 1.64 bits per heavy atom. The number of nitrogens with zero attached hydrogens (tertiary/aromatic N) is 1. The second-order valence-electron chi connectivity index (χ2n) is 2.00. The summed E-state index contributed by atoms with van der Waals surface area (Å²) in [5, 5.41) is 8.57. The SMILES string of the molecule is N#CCc1ccc(Cl)[nH]c1=O. The molecule has 1 aromatic rings. The third-order valence-electron chi connectivity index (χ3n) is 1.22. The smallest absolute Gasteiger partial charge is 0.253 e. The van der Waals surface area contributed by atoms with E-state index < -0.39 is 0 Å². The maximum Gasteiger partial charge on any atom is 0.253 e. The molecule has 11 heavy (non-hydrogen) atoms. The summed E-state index contributed by atoms with van der Waals surface area (Å²) in [6.07, 6.45) is 0.118. The largest absolute Gasteiger partial charge is 0.313 e. The number of hydrogen-bond acceptors (Lipinski definition) is 2. The van der Waals surface area contributed by atoms with Gasteiger partial charge in [0, 0.05) is 5.56 Å². The number of nitriles is 1. The molecule has 0 aromatic carbocycles. The maximum atomic E-state index is 10.9. The minimum absolute atomic E-state index is 0.118. The van der Waals surface area contributed by atoms with Gasteiger partial charge in [0.25, 0.3) is 5.56 Å². The fraction of sp³-hybridized carbons (Fsp3) is 0.143. The molecular weight excluding hydrogens is 164 g/mol. The summed E-state index contributed by atoms with van der Waals surface area (Å²) in [4.78, 5) is 13.3. The molecule has 56 valence electrons. The van der Waals surface area contributed by atoms with Gasteiger partial charge in [0.15, 0.2) is 0 Å². The van der Waals surface area contributed by atoms with Crippen LogP contribution in [0.5, 0.6) is 0 Å². The van der Waals surface area contributed by atoms with Crippen LogP contribution in [-0.4, -0.2) is 4.98 Å². The lowest BCUT2D eigenvalue weighted by atomic mass is 10.2. The van der Waals surface area contributed by atoms with Crippen molar-refractivity contribution in [1.82, 2.24) is 4.98 Å². The number of halogens is 1. The highest BCUT2D eigenvalue weighted by Crippen LogP contribution is 2.00. The summed E-state index contributed by atoms with van der Waals surface area (Å²) < 4.78 is 0. The third kappa shape index (κ3) is 1.82. The van der Waals surface area contributed by atoms with Gasteiger partial charge in [-0.1, -0.05) is 11.6 Å². The summed E-state index contributed by atoms with van der Waals surface area (Å²) in [5.41, 5.74) is 0.149. The van der Waals surface area contributed by atoms with Crippen molar-refractivity contribution in [1.29, 1.82) is 5.26 Å². The molecule has 0 saturated carbocycles. The van der Waals surface area contributed by atoms with Crippen molar-refractivity contribution in [2.45, 2.75) is 6.42 Å². The lowest BCUT2D eigenvalue weighted by molar-refractivity contribution is 1.13. The van der Waals surface area contributed by atoms with E-state index in [1.165, 1.54) is 0 Å². The molecule has 0 radical (unpaired) electrons. The summed E-state index contributed by atoms with van der Waals surface area (Å²) in [6.45, 7) is 0. The Morgan fingerprint density at radius 2 is 2.36 bits per heavy atom. The number of H-pyrrole nitrogens is 1. The van der Waals surface area contributed by atoms with Gasteiger partial charge in [-0.2, -0.15) is 5.26 Å². The Balaban J connectivity index is 3.12. The van der Waals surface area contributed by atoms with Crippen LogP contribution in [-0.2, 0) is 6.42 Å². The first-order valence-corrected chi connectivity index (χ1v) is 3.36. The maximum absolute atomic E-state index is 10.9. The van der Waals surface area contributed by atoms with E-state index in [0.717, 1.165) is 0 Å². The van der Waals surface area contributed by atoms with Crippen LogP contribution >= 0.6 is 11.6 Å². The van der Waals surface area contributed by atoms with Crippen molar-refractivity contribution in [3.63, 3.8) is 0 Å². The molecule has 4 heteroatoms. The third-order valence-corrected chi connectivity index (χ3v) is 1.45. The molecule has 0 amide bonds. The second kappa shape index (κ2) is 3.22. The van der Waals surface area contributed by atoms with Crippen LogP contribution in [0.1, 0.15) is 5.56 Å². The van der Waals surface area contributed by atoms with Gasteiger partial charge in [-0.15, -0.1) is 0 Å². The predicted octanol–water partition coefficient (Wildman–Crippen LogP) is 1.09. The van der Waals surface area contributed by atoms with E-state index >= 15 is 0 Å². The molecule has 0 aliphatic rings. The first-order chi connectivity index (χ1) is 5.24. The normalized spacial score (nSPS) is 9.09. The van der Waals surface area contributed by atoms with Crippen molar-refractivity contribution in [3.05, 3.63) is 33.2 Å². The molecule has 1 rings (SSSR count). The number of aromatic amines is 1. The van der Waals surface area contributed by atoms with Gasteiger partial charge in [0.05, 0.1) is 12.5 Å². The zero-order valence-corrected chi connectivity index (χ0v) is 6.35. The molecule has 3 nitrogen and oxygen atoms in total. The van der Waals surface area contributed by atoms with Gasteiger partial charge < -0.3 is 4.98 Å². The molecule has 1 aromatic heterocycles. The van der Waals surface area contributed by atoms with E-state index in [0.29, 0.717) is 5.56 Å². The zero-order chi connectivity index (χ0) is 8.27. The molecule has 0 aliphatic heterocycles. The molecule has 0 bridgehead atoms. The standard InChI is InChI=1S/C7H5ClN2O/c8-6-2-1-5(3-4-9)7(11)10-6/h1-2H,3H2,(H,10,11). The van der Waals surface area contributed by atoms with Crippen molar-refractivity contribution in [2.75, 3.05) is 0 Å². The van der Waals surface area contributed by atoms with E-state index in [2.05, 4.69) is 4.98 Å². The van der Waals surface area contributed by atoms with Gasteiger partial charge in [-0.3, -0.25) is 4.79 Å². The average Bonchev–Trinajstić information content (AvgIpc) is 1.95. The monoisotopic (exact) mass is 168 g/mol. The van der Waals surface area contributed by atoms with Crippen molar-refractivity contribution in [2.24, 2.45) is 0 Å². The van der Waals surface area contributed by atoms with Gasteiger partial charge >= 0.3 is 0 Å². The number of hydrogen-bond donors (Lipinski definition) is 1. The molecule has 1 N–H and O–H groups in total. The summed E-state index contributed by atoms with van der Waals surface area (Å²) in [7, 11) is 0. The Hall–Kier alpha value is -1.27. The van der Waals surface area contributed by atoms with E-state index in [4.69, 9.17) is 16.9 Å². The number of pyridine rings is 1. The van der Waals surface area contributed by atoms with Crippen LogP contribution < -0.4 is 5.56 Å². The van der Waals surface area contributed by atoms with Crippen LogP contribution in [0.3, 0.4) is 0 Å². The Morgan fingerprint density at radius 3 is 2.91 bits per heavy atom. The molecule has 0 atom stereocenters. The van der Waals surface area contributed by atoms with Crippen LogP contribution in [0, 0.1) is 11.3 Å². The van der Waals surface area contributed by atoms with Crippen molar-refractivity contribution >= 4 is 11.6 Å². The van der Waals surface area contributed by atoms with E-state index in [1.54, 1.807) is 12.1 Å². The summed E-state index contributed by atoms with van der Waals surface area (Å²) in [6, 6.07) is 4.98. The van der Waals surface area contributed by atoms with E-state index in [1.807, 2.05) is 6.07 Å². The molecule has 0 aliphatic carbocycles. The van der Waals surface area contributed by atoms with Crippen LogP contribution in [0.25, 0.3) is 0 Å². The summed E-state index contributed by atoms with van der Waals surface area (Å²) >= 11 is 5.48. The molecular formula is C7H5ClN2O. The first-order valence-electron chi connectivity index (χ1n) is 2.98. The number of aromatic nitrogens is 1. The van der Waals surface area contributed by atoms with Crippen molar-refractivity contribution < 1.29 is 0 Å². The average molecular weight is 169 g/mol. The Labute approximate surface area is 68.2 Å². The van der Waals surface area contributed by atoms with Crippen LogP contribution in [0.4, 0.5) is 0 Å². The topological polar surface area (TPSA) is 56.6 Å². The molecule has 0 spiro atoms. The van der Waals surface area contributed by atoms with Gasteiger partial charge in [0.1, 0.15) is 5.15 Å². The predicted molar refractivity (Wildman–Crippen MR) is 41.4 cm³/mol. The lowest BCUT2D eigenvalue weighted by Gasteiger charge is -1.92. The fourth-order valence-corrected chi connectivity index (χ4v) is 0.853. The van der Waals surface area contributed by atoms with Crippen LogP contribution in [0.2, 0.25) is 5.15 Å². The number of rotatable bonds is 1. The molecule has 1 heterocycles. The Kier molecular flexibility index (Phi) is 2.29. The minimum atomic E-state index is -0.293. The highest BCUT2D eigenvalue weighted by Gasteiger charge is 1.97. The summed E-state index contributed by atoms with van der Waals surface area (Å²) in [5.74, 6) is 0. The number of nitrogens with one attached hydrogen (secondary N) is 1. The fourth-order valence-electron chi connectivity index (χ4n) is 0.704. The van der Waals surface area contributed by atoms with Gasteiger partial charge in [-0.25, -0.2) is 0 Å². The quantitative estimate of drug-likeness (QED) is 0.639. The van der Waals surface area contributed by atoms with Crippen LogP contribution in [0.15, 0.2) is 16.9 Å². The lowest BCUT2D eigenvalue weighted by Crippen LogP contribution is -2.10. The Bertz CT molecular complexity index is 350. The highest BCUT2D eigenvalue weighted by atomic mass is 35.5. The van der Waals surface area contributed by atoms with E-state index in [-0.39, 0.29) is 17.1 Å². The highest BCUT2D eigenvalue weighted by molar-refractivity contribution is 6.29. The van der Waals surface area contributed by atoms with Gasteiger partial charge in [0.2, 0.25) is 0 Å². The first kappa shape index (κ1) is 7.83. The second-order valence-corrected chi connectivity index (χ2v) is 2.40. The zero-order valence-electron chi connectivity index (χ0n) is 5.60. The van der Waals surface area contributed by atoms with E-state index in [9.17, 15) is 4.79 Å². The van der Waals surface area contributed by atoms with Gasteiger partial charge in [-0.05, 0) is 12.1 Å². The molecule has 0 fully saturated rings.